The molecular weight excluding hydrogens is 416 g/mol. The number of rotatable bonds is 7. The first-order valence-electron chi connectivity index (χ1n) is 11.6. The van der Waals surface area contributed by atoms with Crippen LogP contribution in [0.1, 0.15) is 67.2 Å². The first-order chi connectivity index (χ1) is 15.0. The van der Waals surface area contributed by atoms with E-state index in [1.807, 2.05) is 27.7 Å². The van der Waals surface area contributed by atoms with Gasteiger partial charge in [0.25, 0.3) is 0 Å². The minimum absolute atomic E-state index is 0.0389. The van der Waals surface area contributed by atoms with E-state index in [-0.39, 0.29) is 30.8 Å². The molecule has 0 aromatic carbocycles. The molecule has 180 valence electrons. The Morgan fingerprint density at radius 3 is 2.41 bits per heavy atom. The van der Waals surface area contributed by atoms with E-state index in [1.165, 1.54) is 0 Å². The summed E-state index contributed by atoms with van der Waals surface area (Å²) in [5.74, 6) is -2.94. The lowest BCUT2D eigenvalue weighted by atomic mass is 9.50. The smallest absolute Gasteiger partial charge is 0.373 e. The first kappa shape index (κ1) is 24.7. The van der Waals surface area contributed by atoms with Gasteiger partial charge in [-0.2, -0.15) is 0 Å². The third kappa shape index (κ3) is 4.19. The van der Waals surface area contributed by atoms with Crippen molar-refractivity contribution in [3.8, 4) is 0 Å². The molecule has 0 bridgehead atoms. The third-order valence-corrected chi connectivity index (χ3v) is 7.28. The summed E-state index contributed by atoms with van der Waals surface area (Å²) in [7, 11) is 0. The number of carbonyl (C=O) groups excluding carboxylic acids is 3. The Balaban J connectivity index is 2.05. The second-order valence-electron chi connectivity index (χ2n) is 9.63. The Bertz CT molecular complexity index is 774. The number of ether oxygens (including phenoxy) is 5. The van der Waals surface area contributed by atoms with Gasteiger partial charge in [-0.1, -0.05) is 26.7 Å². The lowest BCUT2D eigenvalue weighted by molar-refractivity contribution is -0.214. The van der Waals surface area contributed by atoms with E-state index >= 15 is 0 Å². The molecule has 2 aliphatic carbocycles. The standard InChI is InChI=1S/C24H36O8/c1-7-28-18(26)13-16(21(27)29-8-2)30-19-15(3)23(6,14-25)17-11-9-10-12-24(17)20(19)31-22(4,5)32-24/h13-15,17,19-20H,7-12H2,1-6H3/b16-13+/t15-,17+,19+,20-,23-,24+/m1/s1. The van der Waals surface area contributed by atoms with Crippen LogP contribution < -0.4 is 0 Å². The normalized spacial score (nSPS) is 38.2. The molecule has 1 saturated heterocycles. The van der Waals surface area contributed by atoms with Crippen molar-refractivity contribution in [2.45, 2.75) is 90.8 Å². The largest absolute Gasteiger partial charge is 0.480 e. The van der Waals surface area contributed by atoms with Crippen LogP contribution in [0.5, 0.6) is 0 Å². The van der Waals surface area contributed by atoms with Crippen molar-refractivity contribution < 1.29 is 38.1 Å². The van der Waals surface area contributed by atoms with E-state index < -0.39 is 40.9 Å². The van der Waals surface area contributed by atoms with Crippen molar-refractivity contribution in [2.75, 3.05) is 13.2 Å². The highest BCUT2D eigenvalue weighted by molar-refractivity contribution is 5.94. The summed E-state index contributed by atoms with van der Waals surface area (Å²) in [6.45, 7) is 11.2. The SMILES string of the molecule is CCOC(=O)/C=C(/O[C@H]1[C@@H](C)[C@@](C)(C=O)[C@@H]2CCCC[C@]23OC(C)(C)O[C@H]13)C(=O)OCC. The van der Waals surface area contributed by atoms with Crippen molar-refractivity contribution in [3.63, 3.8) is 0 Å². The van der Waals surface area contributed by atoms with Gasteiger partial charge in [0, 0.05) is 17.3 Å². The molecule has 3 aliphatic rings. The molecule has 3 rings (SSSR count). The van der Waals surface area contributed by atoms with Crippen LogP contribution in [0.15, 0.2) is 11.8 Å². The molecule has 6 atom stereocenters. The molecule has 8 heteroatoms. The Labute approximate surface area is 189 Å². The summed E-state index contributed by atoms with van der Waals surface area (Å²) in [6.07, 6.45) is 4.34. The van der Waals surface area contributed by atoms with Crippen molar-refractivity contribution in [1.82, 2.24) is 0 Å². The molecule has 1 heterocycles. The zero-order valence-corrected chi connectivity index (χ0v) is 20.0. The zero-order chi connectivity index (χ0) is 23.7. The molecule has 8 nitrogen and oxygen atoms in total. The Morgan fingerprint density at radius 1 is 1.09 bits per heavy atom. The quantitative estimate of drug-likeness (QED) is 0.251. The van der Waals surface area contributed by atoms with Crippen LogP contribution in [0.25, 0.3) is 0 Å². The summed E-state index contributed by atoms with van der Waals surface area (Å²) in [4.78, 5) is 37.2. The van der Waals surface area contributed by atoms with Crippen LogP contribution in [0.3, 0.4) is 0 Å². The molecule has 3 fully saturated rings. The van der Waals surface area contributed by atoms with Crippen LogP contribution in [-0.2, 0) is 38.1 Å². The van der Waals surface area contributed by atoms with E-state index in [9.17, 15) is 14.4 Å². The molecule has 1 aliphatic heterocycles. The van der Waals surface area contributed by atoms with Crippen molar-refractivity contribution in [3.05, 3.63) is 11.8 Å². The molecule has 0 unspecified atom stereocenters. The van der Waals surface area contributed by atoms with Gasteiger partial charge >= 0.3 is 11.9 Å². The van der Waals surface area contributed by atoms with Gasteiger partial charge in [0.2, 0.25) is 5.76 Å². The zero-order valence-electron chi connectivity index (χ0n) is 20.0. The van der Waals surface area contributed by atoms with Crippen LogP contribution >= 0.6 is 0 Å². The van der Waals surface area contributed by atoms with Crippen molar-refractivity contribution in [1.29, 1.82) is 0 Å². The minimum Gasteiger partial charge on any atom is -0.480 e. The number of esters is 2. The topological polar surface area (TPSA) is 97.4 Å². The number of hydrogen-bond acceptors (Lipinski definition) is 8. The van der Waals surface area contributed by atoms with E-state index in [1.54, 1.807) is 13.8 Å². The highest BCUT2D eigenvalue weighted by atomic mass is 16.8. The Hall–Kier alpha value is -1.93. The summed E-state index contributed by atoms with van der Waals surface area (Å²) in [5.41, 5.74) is -1.46. The monoisotopic (exact) mass is 452 g/mol. The fraction of sp³-hybridized carbons (Fsp3) is 0.792. The minimum atomic E-state index is -0.870. The Morgan fingerprint density at radius 2 is 1.78 bits per heavy atom. The van der Waals surface area contributed by atoms with Crippen LogP contribution in [0.2, 0.25) is 0 Å². The summed E-state index contributed by atoms with van der Waals surface area (Å²) >= 11 is 0. The highest BCUT2D eigenvalue weighted by Crippen LogP contribution is 2.61. The van der Waals surface area contributed by atoms with E-state index in [0.717, 1.165) is 38.0 Å². The van der Waals surface area contributed by atoms with E-state index in [2.05, 4.69) is 0 Å². The van der Waals surface area contributed by atoms with Gasteiger partial charge in [-0.25, -0.2) is 9.59 Å². The fourth-order valence-electron chi connectivity index (χ4n) is 5.83. The van der Waals surface area contributed by atoms with Gasteiger partial charge in [-0.15, -0.1) is 0 Å². The maximum absolute atomic E-state index is 12.6. The molecule has 1 spiro atoms. The van der Waals surface area contributed by atoms with Gasteiger partial charge in [0.05, 0.1) is 19.3 Å². The molecule has 0 radical (unpaired) electrons. The molecule has 0 amide bonds. The molecule has 0 aromatic heterocycles. The van der Waals surface area contributed by atoms with Crippen molar-refractivity contribution >= 4 is 18.2 Å². The number of aldehydes is 1. The van der Waals surface area contributed by atoms with Gasteiger partial charge in [-0.3, -0.25) is 0 Å². The molecule has 0 aromatic rings. The van der Waals surface area contributed by atoms with Gasteiger partial charge in [0.15, 0.2) is 5.79 Å². The average Bonchev–Trinajstić information content (AvgIpc) is 3.00. The predicted octanol–water partition coefficient (Wildman–Crippen LogP) is 3.32. The van der Waals surface area contributed by atoms with Gasteiger partial charge < -0.3 is 28.5 Å². The number of hydrogen-bond donors (Lipinski definition) is 0. The van der Waals surface area contributed by atoms with Crippen molar-refractivity contribution in [2.24, 2.45) is 17.3 Å². The summed E-state index contributed by atoms with van der Waals surface area (Å²) < 4.78 is 29.2. The second kappa shape index (κ2) is 9.14. The first-order valence-corrected chi connectivity index (χ1v) is 11.6. The lowest BCUT2D eigenvalue weighted by Gasteiger charge is -2.58. The molecule has 0 N–H and O–H groups in total. The van der Waals surface area contributed by atoms with E-state index in [0.29, 0.717) is 0 Å². The Kier molecular flexibility index (Phi) is 7.05. The predicted molar refractivity (Wildman–Crippen MR) is 114 cm³/mol. The summed E-state index contributed by atoms with van der Waals surface area (Å²) in [5, 5.41) is 0. The highest BCUT2D eigenvalue weighted by Gasteiger charge is 2.70. The number of carbonyl (C=O) groups is 3. The maximum Gasteiger partial charge on any atom is 0.373 e. The third-order valence-electron chi connectivity index (χ3n) is 7.28. The molecule has 32 heavy (non-hydrogen) atoms. The maximum atomic E-state index is 12.6. The second-order valence-corrected chi connectivity index (χ2v) is 9.63. The van der Waals surface area contributed by atoms with Crippen LogP contribution in [-0.4, -0.2) is 55.0 Å². The van der Waals surface area contributed by atoms with E-state index in [4.69, 9.17) is 23.7 Å². The van der Waals surface area contributed by atoms with Crippen LogP contribution in [0.4, 0.5) is 0 Å². The summed E-state index contributed by atoms with van der Waals surface area (Å²) in [6, 6.07) is 0. The average molecular weight is 453 g/mol. The van der Waals surface area contributed by atoms with Gasteiger partial charge in [0.1, 0.15) is 24.1 Å². The van der Waals surface area contributed by atoms with Gasteiger partial charge in [-0.05, 0) is 40.5 Å². The lowest BCUT2D eigenvalue weighted by Crippen LogP contribution is -2.67. The fourth-order valence-corrected chi connectivity index (χ4v) is 5.83. The van der Waals surface area contributed by atoms with Crippen LogP contribution in [0, 0.1) is 17.3 Å². The molecular formula is C24H36O8. The molecule has 2 saturated carbocycles.